The maximum Gasteiger partial charge on any atom is 0.260 e. The molecule has 2 rings (SSSR count). The molecule has 0 aliphatic carbocycles. The summed E-state index contributed by atoms with van der Waals surface area (Å²) in [6.45, 7) is 2.00. The summed E-state index contributed by atoms with van der Waals surface area (Å²) in [4.78, 5) is 22.3. The van der Waals surface area contributed by atoms with E-state index in [0.717, 1.165) is 11.3 Å². The van der Waals surface area contributed by atoms with Crippen LogP contribution in [-0.2, 0) is 11.3 Å². The van der Waals surface area contributed by atoms with Gasteiger partial charge in [-0.25, -0.2) is 0 Å². The average Bonchev–Trinajstić information content (AvgIpc) is 2.64. The molecule has 0 bridgehead atoms. The predicted octanol–water partition coefficient (Wildman–Crippen LogP) is 1.92. The number of nitrogens with zero attached hydrogens (tertiary/aromatic N) is 1. The van der Waals surface area contributed by atoms with Crippen molar-refractivity contribution in [3.05, 3.63) is 51.6 Å². The van der Waals surface area contributed by atoms with E-state index in [4.69, 9.17) is 0 Å². The second-order valence-electron chi connectivity index (χ2n) is 3.66. The Hall–Kier alpha value is -1.88. The van der Waals surface area contributed by atoms with E-state index in [1.54, 1.807) is 15.4 Å². The van der Waals surface area contributed by atoms with Crippen LogP contribution in [0.1, 0.15) is 12.5 Å². The Kier molecular flexibility index (Phi) is 3.39. The fraction of sp³-hybridized carbons (Fsp3) is 0.167. The largest absolute Gasteiger partial charge is 0.326 e. The number of hydrogen-bond acceptors (Lipinski definition) is 3. The molecule has 1 aromatic heterocycles. The van der Waals surface area contributed by atoms with Gasteiger partial charge in [0.2, 0.25) is 5.91 Å². The number of carbonyl (C=O) groups excluding carboxylic acids is 1. The van der Waals surface area contributed by atoms with Crippen LogP contribution in [0.2, 0.25) is 0 Å². The van der Waals surface area contributed by atoms with Gasteiger partial charge in [-0.05, 0) is 17.7 Å². The van der Waals surface area contributed by atoms with Crippen LogP contribution in [-0.4, -0.2) is 9.86 Å². The molecule has 1 amide bonds. The third-order valence-corrected chi connectivity index (χ3v) is 3.04. The molecule has 2 aromatic rings. The summed E-state index contributed by atoms with van der Waals surface area (Å²) in [6.07, 6.45) is 0. The summed E-state index contributed by atoms with van der Waals surface area (Å²) in [7, 11) is 0. The van der Waals surface area contributed by atoms with Crippen LogP contribution < -0.4 is 10.9 Å². The number of anilines is 1. The highest BCUT2D eigenvalue weighted by Crippen LogP contribution is 2.12. The van der Waals surface area contributed by atoms with Gasteiger partial charge in [0, 0.05) is 24.1 Å². The van der Waals surface area contributed by atoms with Crippen LogP contribution in [0.3, 0.4) is 0 Å². The van der Waals surface area contributed by atoms with Crippen molar-refractivity contribution < 1.29 is 4.79 Å². The van der Waals surface area contributed by atoms with E-state index < -0.39 is 0 Å². The molecule has 0 aliphatic rings. The van der Waals surface area contributed by atoms with E-state index in [9.17, 15) is 9.59 Å². The molecule has 4 nitrogen and oxygen atoms in total. The minimum Gasteiger partial charge on any atom is -0.326 e. The van der Waals surface area contributed by atoms with Gasteiger partial charge in [0.25, 0.3) is 5.56 Å². The Bertz CT molecular complexity index is 586. The molecule has 17 heavy (non-hydrogen) atoms. The highest BCUT2D eigenvalue weighted by atomic mass is 32.1. The number of carbonyl (C=O) groups is 1. The molecule has 0 spiro atoms. The molecule has 0 saturated heterocycles. The highest BCUT2D eigenvalue weighted by molar-refractivity contribution is 7.04. The Balaban J connectivity index is 2.19. The maximum absolute atomic E-state index is 11.4. The van der Waals surface area contributed by atoms with E-state index in [0.29, 0.717) is 6.54 Å². The number of benzene rings is 1. The summed E-state index contributed by atoms with van der Waals surface area (Å²) in [5, 5.41) is 4.48. The first-order valence-corrected chi connectivity index (χ1v) is 6.00. The van der Waals surface area contributed by atoms with E-state index >= 15 is 0 Å². The normalized spacial score (nSPS) is 10.2. The van der Waals surface area contributed by atoms with Crippen molar-refractivity contribution in [1.29, 1.82) is 0 Å². The summed E-state index contributed by atoms with van der Waals surface area (Å²) in [5.41, 5.74) is 1.74. The lowest BCUT2D eigenvalue weighted by atomic mass is 10.2. The lowest BCUT2D eigenvalue weighted by molar-refractivity contribution is -0.114. The molecule has 88 valence electrons. The van der Waals surface area contributed by atoms with Crippen molar-refractivity contribution in [3.8, 4) is 0 Å². The number of hydrogen-bond donors (Lipinski definition) is 1. The summed E-state index contributed by atoms with van der Waals surface area (Å²) >= 11 is 1.38. The monoisotopic (exact) mass is 248 g/mol. The zero-order chi connectivity index (χ0) is 12.3. The van der Waals surface area contributed by atoms with Gasteiger partial charge in [-0.15, -0.1) is 0 Å². The minimum absolute atomic E-state index is 0.0000647. The predicted molar refractivity (Wildman–Crippen MR) is 68.4 cm³/mol. The van der Waals surface area contributed by atoms with Gasteiger partial charge in [-0.2, -0.15) is 0 Å². The van der Waals surface area contributed by atoms with Gasteiger partial charge in [0.1, 0.15) is 0 Å². The topological polar surface area (TPSA) is 51.1 Å². The molecule has 1 N–H and O–H groups in total. The Labute approximate surface area is 103 Å². The summed E-state index contributed by atoms with van der Waals surface area (Å²) < 4.78 is 1.66. The molecule has 1 aromatic carbocycles. The van der Waals surface area contributed by atoms with Crippen LogP contribution in [0.5, 0.6) is 0 Å². The number of amides is 1. The standard InChI is InChI=1S/C12H12N2O2S/c1-9(15)13-11-4-2-3-10(7-11)8-14-12(16)5-6-17-14/h2-7H,8H2,1H3,(H,13,15). The number of aromatic nitrogens is 1. The first-order chi connectivity index (χ1) is 8.15. The third kappa shape index (κ3) is 3.04. The molecule has 0 aliphatic heterocycles. The minimum atomic E-state index is -0.101. The van der Waals surface area contributed by atoms with Crippen LogP contribution in [0, 0.1) is 0 Å². The quantitative estimate of drug-likeness (QED) is 0.902. The van der Waals surface area contributed by atoms with Crippen LogP contribution >= 0.6 is 11.5 Å². The van der Waals surface area contributed by atoms with Crippen LogP contribution in [0.15, 0.2) is 40.5 Å². The molecule has 0 saturated carbocycles. The van der Waals surface area contributed by atoms with Crippen molar-refractivity contribution in [1.82, 2.24) is 3.96 Å². The second-order valence-corrected chi connectivity index (χ2v) is 4.59. The molecule has 0 unspecified atom stereocenters. The van der Waals surface area contributed by atoms with Gasteiger partial charge in [0.15, 0.2) is 0 Å². The Morgan fingerprint density at radius 3 is 2.88 bits per heavy atom. The summed E-state index contributed by atoms with van der Waals surface area (Å²) in [6, 6.07) is 9.02. The van der Waals surface area contributed by atoms with Crippen molar-refractivity contribution in [2.45, 2.75) is 13.5 Å². The first kappa shape index (κ1) is 11.6. The highest BCUT2D eigenvalue weighted by Gasteiger charge is 2.01. The van der Waals surface area contributed by atoms with Gasteiger partial charge in [-0.1, -0.05) is 23.7 Å². The third-order valence-electron chi connectivity index (χ3n) is 2.22. The lowest BCUT2D eigenvalue weighted by Crippen LogP contribution is -2.13. The average molecular weight is 248 g/mol. The number of nitrogens with one attached hydrogen (secondary N) is 1. The maximum atomic E-state index is 11.4. The van der Waals surface area contributed by atoms with Crippen LogP contribution in [0.4, 0.5) is 5.69 Å². The Morgan fingerprint density at radius 1 is 1.41 bits per heavy atom. The summed E-state index contributed by atoms with van der Waals surface area (Å²) in [5.74, 6) is -0.101. The molecule has 5 heteroatoms. The molecule has 0 atom stereocenters. The second kappa shape index (κ2) is 4.97. The molecule has 0 fully saturated rings. The lowest BCUT2D eigenvalue weighted by Gasteiger charge is -2.05. The van der Waals surface area contributed by atoms with Crippen molar-refractivity contribution in [3.63, 3.8) is 0 Å². The molecule has 1 heterocycles. The Morgan fingerprint density at radius 2 is 2.24 bits per heavy atom. The van der Waals surface area contributed by atoms with E-state index in [-0.39, 0.29) is 11.5 Å². The van der Waals surface area contributed by atoms with E-state index in [1.165, 1.54) is 18.5 Å². The van der Waals surface area contributed by atoms with Gasteiger partial charge in [-0.3, -0.25) is 13.5 Å². The smallest absolute Gasteiger partial charge is 0.260 e. The van der Waals surface area contributed by atoms with Crippen molar-refractivity contribution in [2.24, 2.45) is 0 Å². The van der Waals surface area contributed by atoms with Crippen LogP contribution in [0.25, 0.3) is 0 Å². The first-order valence-electron chi connectivity index (χ1n) is 5.16. The van der Waals surface area contributed by atoms with Crippen molar-refractivity contribution >= 4 is 23.1 Å². The van der Waals surface area contributed by atoms with E-state index in [1.807, 2.05) is 24.3 Å². The molecular formula is C12H12N2O2S. The van der Waals surface area contributed by atoms with Crippen molar-refractivity contribution in [2.75, 3.05) is 5.32 Å². The van der Waals surface area contributed by atoms with Gasteiger partial charge in [0.05, 0.1) is 6.54 Å². The SMILES string of the molecule is CC(=O)Nc1cccc(Cn2sccc2=O)c1. The zero-order valence-corrected chi connectivity index (χ0v) is 10.2. The van der Waals surface area contributed by atoms with Gasteiger partial charge < -0.3 is 5.32 Å². The fourth-order valence-corrected chi connectivity index (χ4v) is 2.24. The van der Waals surface area contributed by atoms with E-state index in [2.05, 4.69) is 5.32 Å². The number of rotatable bonds is 3. The molecular weight excluding hydrogens is 236 g/mol. The fourth-order valence-electron chi connectivity index (χ4n) is 1.53. The zero-order valence-electron chi connectivity index (χ0n) is 9.34. The molecule has 0 radical (unpaired) electrons. The van der Waals surface area contributed by atoms with Gasteiger partial charge >= 0.3 is 0 Å².